The van der Waals surface area contributed by atoms with Gasteiger partial charge in [-0.25, -0.2) is 9.59 Å². The molecular weight excluding hydrogens is 368 g/mol. The smallest absolute Gasteiger partial charge is 0.334 e. The van der Waals surface area contributed by atoms with Crippen molar-refractivity contribution in [2.45, 2.75) is 57.2 Å². The SMILES string of the molecule is C=C1C(=O)O[C@@H]2/C=C(/CO)C(=O)[C@H]3O[C@H]3[C@](C)(O)C[C@@H](OC(=O)/C(C)=C\C)[C@@H]12. The molecule has 0 aromatic carbocycles. The molecule has 2 saturated heterocycles. The Morgan fingerprint density at radius 1 is 1.46 bits per heavy atom. The third-order valence-corrected chi connectivity index (χ3v) is 5.51. The molecule has 0 bridgehead atoms. The minimum absolute atomic E-state index is 0.0115. The molecule has 2 fully saturated rings. The number of aliphatic hydroxyl groups is 2. The van der Waals surface area contributed by atoms with Gasteiger partial charge in [0.15, 0.2) is 5.78 Å². The lowest BCUT2D eigenvalue weighted by molar-refractivity contribution is -0.151. The molecule has 0 unspecified atom stereocenters. The first kappa shape index (κ1) is 20.4. The van der Waals surface area contributed by atoms with Crippen molar-refractivity contribution in [3.05, 3.63) is 35.5 Å². The summed E-state index contributed by atoms with van der Waals surface area (Å²) in [5, 5.41) is 20.5. The molecule has 0 aromatic heterocycles. The van der Waals surface area contributed by atoms with E-state index in [0.717, 1.165) is 0 Å². The molecule has 28 heavy (non-hydrogen) atoms. The molecule has 8 nitrogen and oxygen atoms in total. The number of hydrogen-bond donors (Lipinski definition) is 2. The summed E-state index contributed by atoms with van der Waals surface area (Å²) in [5.74, 6) is -2.56. The lowest BCUT2D eigenvalue weighted by Crippen LogP contribution is -2.44. The van der Waals surface area contributed by atoms with Gasteiger partial charge in [0.1, 0.15) is 24.4 Å². The highest BCUT2D eigenvalue weighted by molar-refractivity contribution is 6.01. The predicted octanol–water partition coefficient (Wildman–Crippen LogP) is 0.372. The van der Waals surface area contributed by atoms with Crippen LogP contribution in [0.3, 0.4) is 0 Å². The van der Waals surface area contributed by atoms with E-state index in [1.54, 1.807) is 19.9 Å². The minimum Gasteiger partial charge on any atom is -0.458 e. The first-order valence-electron chi connectivity index (χ1n) is 9.08. The third kappa shape index (κ3) is 3.55. The van der Waals surface area contributed by atoms with Crippen LogP contribution in [0, 0.1) is 5.92 Å². The molecule has 0 saturated carbocycles. The number of epoxide rings is 1. The molecule has 1 aliphatic carbocycles. The van der Waals surface area contributed by atoms with Crippen molar-refractivity contribution in [2.75, 3.05) is 6.61 Å². The zero-order valence-corrected chi connectivity index (χ0v) is 16.0. The summed E-state index contributed by atoms with van der Waals surface area (Å²) in [6, 6.07) is 0. The van der Waals surface area contributed by atoms with E-state index in [4.69, 9.17) is 14.2 Å². The van der Waals surface area contributed by atoms with E-state index in [9.17, 15) is 24.6 Å². The molecule has 2 aliphatic heterocycles. The first-order chi connectivity index (χ1) is 13.1. The Kier molecular flexibility index (Phi) is 5.31. The second kappa shape index (κ2) is 7.27. The monoisotopic (exact) mass is 392 g/mol. The van der Waals surface area contributed by atoms with Crippen LogP contribution in [0.5, 0.6) is 0 Å². The summed E-state index contributed by atoms with van der Waals surface area (Å²) >= 11 is 0. The number of ether oxygens (including phenoxy) is 3. The summed E-state index contributed by atoms with van der Waals surface area (Å²) in [5.41, 5.74) is -1.06. The molecule has 0 radical (unpaired) electrons. The fourth-order valence-corrected chi connectivity index (χ4v) is 3.67. The molecule has 6 atom stereocenters. The molecule has 0 spiro atoms. The molecule has 2 heterocycles. The lowest BCUT2D eigenvalue weighted by atomic mass is 9.80. The van der Waals surface area contributed by atoms with Crippen molar-refractivity contribution < 1.29 is 38.8 Å². The van der Waals surface area contributed by atoms with E-state index in [0.29, 0.717) is 5.57 Å². The van der Waals surface area contributed by atoms with Gasteiger partial charge in [0.2, 0.25) is 0 Å². The first-order valence-corrected chi connectivity index (χ1v) is 9.08. The number of ketones is 1. The van der Waals surface area contributed by atoms with Gasteiger partial charge in [0, 0.05) is 23.1 Å². The molecular formula is C20H24O8. The maximum atomic E-state index is 12.5. The Labute approximate surface area is 162 Å². The van der Waals surface area contributed by atoms with Gasteiger partial charge in [0.25, 0.3) is 0 Å². The summed E-state index contributed by atoms with van der Waals surface area (Å²) < 4.78 is 16.3. The molecule has 3 rings (SSSR count). The Hall–Kier alpha value is -2.29. The van der Waals surface area contributed by atoms with E-state index in [1.165, 1.54) is 13.0 Å². The van der Waals surface area contributed by atoms with Gasteiger partial charge >= 0.3 is 11.9 Å². The Balaban J connectivity index is 2.05. The number of carbonyl (C=O) groups excluding carboxylic acids is 3. The average Bonchev–Trinajstić information content (AvgIpc) is 3.40. The van der Waals surface area contributed by atoms with E-state index in [1.807, 2.05) is 0 Å². The molecule has 2 N–H and O–H groups in total. The van der Waals surface area contributed by atoms with Crippen molar-refractivity contribution in [1.82, 2.24) is 0 Å². The topological polar surface area (TPSA) is 123 Å². The van der Waals surface area contributed by atoms with E-state index < -0.39 is 60.3 Å². The van der Waals surface area contributed by atoms with Gasteiger partial charge in [-0.15, -0.1) is 0 Å². The van der Waals surface area contributed by atoms with E-state index in [2.05, 4.69) is 6.58 Å². The Morgan fingerprint density at radius 3 is 2.75 bits per heavy atom. The van der Waals surface area contributed by atoms with Crippen LogP contribution in [-0.2, 0) is 28.6 Å². The third-order valence-electron chi connectivity index (χ3n) is 5.51. The number of allylic oxidation sites excluding steroid dienone is 1. The van der Waals surface area contributed by atoms with Crippen LogP contribution in [0.1, 0.15) is 27.2 Å². The van der Waals surface area contributed by atoms with Crippen molar-refractivity contribution in [1.29, 1.82) is 0 Å². The minimum atomic E-state index is -1.51. The number of rotatable bonds is 3. The molecule has 0 aromatic rings. The number of esters is 2. The fraction of sp³-hybridized carbons (Fsp3) is 0.550. The molecule has 3 aliphatic rings. The number of hydrogen-bond acceptors (Lipinski definition) is 8. The van der Waals surface area contributed by atoms with Crippen LogP contribution in [0.2, 0.25) is 0 Å². The summed E-state index contributed by atoms with van der Waals surface area (Å²) in [7, 11) is 0. The van der Waals surface area contributed by atoms with E-state index in [-0.39, 0.29) is 17.6 Å². The number of aliphatic hydroxyl groups excluding tert-OH is 1. The lowest BCUT2D eigenvalue weighted by Gasteiger charge is -2.32. The predicted molar refractivity (Wildman–Crippen MR) is 95.9 cm³/mol. The quantitative estimate of drug-likeness (QED) is 0.401. The largest absolute Gasteiger partial charge is 0.458 e. The molecule has 0 amide bonds. The summed E-state index contributed by atoms with van der Waals surface area (Å²) in [6.45, 7) is 7.92. The Bertz CT molecular complexity index is 790. The maximum Gasteiger partial charge on any atom is 0.334 e. The van der Waals surface area contributed by atoms with Crippen molar-refractivity contribution >= 4 is 17.7 Å². The summed E-state index contributed by atoms with van der Waals surface area (Å²) in [6.07, 6.45) is -0.752. The van der Waals surface area contributed by atoms with Crippen molar-refractivity contribution in [3.8, 4) is 0 Å². The van der Waals surface area contributed by atoms with Gasteiger partial charge in [-0.05, 0) is 26.8 Å². The second-order valence-corrected chi connectivity index (χ2v) is 7.59. The summed E-state index contributed by atoms with van der Waals surface area (Å²) in [4.78, 5) is 37.1. The maximum absolute atomic E-state index is 12.5. The highest BCUT2D eigenvalue weighted by atomic mass is 16.6. The zero-order valence-electron chi connectivity index (χ0n) is 16.0. The van der Waals surface area contributed by atoms with Crippen LogP contribution < -0.4 is 0 Å². The average molecular weight is 392 g/mol. The van der Waals surface area contributed by atoms with Crippen molar-refractivity contribution in [3.63, 3.8) is 0 Å². The fourth-order valence-electron chi connectivity index (χ4n) is 3.67. The number of fused-ring (bicyclic) bond motifs is 2. The number of Topliss-reactive ketones (excluding diaryl/α,β-unsaturated/α-hetero) is 1. The molecule has 8 heteroatoms. The van der Waals surface area contributed by atoms with Crippen LogP contribution in [0.4, 0.5) is 0 Å². The molecule has 152 valence electrons. The Morgan fingerprint density at radius 2 is 2.14 bits per heavy atom. The van der Waals surface area contributed by atoms with Gasteiger partial charge in [-0.1, -0.05) is 12.7 Å². The van der Waals surface area contributed by atoms with Crippen LogP contribution in [-0.4, -0.2) is 64.6 Å². The van der Waals surface area contributed by atoms with Crippen molar-refractivity contribution in [2.24, 2.45) is 5.92 Å². The van der Waals surface area contributed by atoms with Crippen LogP contribution in [0.15, 0.2) is 35.5 Å². The van der Waals surface area contributed by atoms with Crippen LogP contribution in [0.25, 0.3) is 0 Å². The zero-order chi connectivity index (χ0) is 20.8. The second-order valence-electron chi connectivity index (χ2n) is 7.59. The standard InChI is InChI=1S/C20H24O8/c1-5-9(2)18(23)27-13-7-20(4,25)17-16(28-17)15(22)11(8-21)6-12-14(13)10(3)19(24)26-12/h5-6,12-14,16-17,21,25H,3,7-8H2,1-2,4H3/b9-5-,11-6-/t12-,13-,14+,16-,17-,20-/m1/s1. The van der Waals surface area contributed by atoms with Gasteiger partial charge < -0.3 is 24.4 Å². The van der Waals surface area contributed by atoms with Gasteiger partial charge in [0.05, 0.1) is 18.1 Å². The van der Waals surface area contributed by atoms with Crippen LogP contribution >= 0.6 is 0 Å². The number of carbonyl (C=O) groups is 3. The van der Waals surface area contributed by atoms with Gasteiger partial charge in [-0.2, -0.15) is 0 Å². The highest BCUT2D eigenvalue weighted by Crippen LogP contribution is 2.43. The normalized spacial score (nSPS) is 40.0. The van der Waals surface area contributed by atoms with E-state index >= 15 is 0 Å². The van der Waals surface area contributed by atoms with Gasteiger partial charge in [-0.3, -0.25) is 4.79 Å². The highest BCUT2D eigenvalue weighted by Gasteiger charge is 2.59.